The number of hydrogen-bond acceptors (Lipinski definition) is 4. The zero-order valence-electron chi connectivity index (χ0n) is 13.5. The molecule has 8 heteroatoms. The topological polar surface area (TPSA) is 62.5 Å². The Kier molecular flexibility index (Phi) is 5.32. The molecule has 0 radical (unpaired) electrons. The van der Waals surface area contributed by atoms with Crippen molar-refractivity contribution < 1.29 is 9.90 Å². The van der Waals surface area contributed by atoms with E-state index >= 15 is 0 Å². The van der Waals surface area contributed by atoms with Crippen molar-refractivity contribution in [3.8, 4) is 5.75 Å². The first-order chi connectivity index (χ1) is 11.9. The summed E-state index contributed by atoms with van der Waals surface area (Å²) in [4.78, 5) is 26.4. The fourth-order valence-corrected chi connectivity index (χ4v) is 3.76. The molecule has 1 aliphatic rings. The van der Waals surface area contributed by atoms with Gasteiger partial charge in [-0.1, -0.05) is 29.3 Å². The molecule has 5 nitrogen and oxygen atoms in total. The van der Waals surface area contributed by atoms with Crippen molar-refractivity contribution in [3.63, 3.8) is 0 Å². The number of pyridine rings is 1. The van der Waals surface area contributed by atoms with Gasteiger partial charge in [0, 0.05) is 37.1 Å². The summed E-state index contributed by atoms with van der Waals surface area (Å²) in [7, 11) is 0. The van der Waals surface area contributed by atoms with E-state index in [4.69, 9.17) is 23.2 Å². The Morgan fingerprint density at radius 1 is 1.16 bits per heavy atom. The maximum absolute atomic E-state index is 12.8. The number of carbonyl (C=O) groups excluding carboxylic acids is 1. The molecule has 0 atom stereocenters. The van der Waals surface area contributed by atoms with E-state index in [9.17, 15) is 14.7 Å². The number of aromatic hydroxyl groups is 1. The standard InChI is InChI=1S/C17H16Cl2N2O3S/c1-25-9-11-7-14(22)16(23)15-17(24)20(4-5-21(11)15)8-10-2-3-12(18)13(19)6-10/h2-3,6-7,23H,4-5,8-9H2,1H3. The highest BCUT2D eigenvalue weighted by Gasteiger charge is 2.30. The summed E-state index contributed by atoms with van der Waals surface area (Å²) >= 11 is 13.5. The van der Waals surface area contributed by atoms with Crippen LogP contribution in [0.15, 0.2) is 29.1 Å². The molecule has 25 heavy (non-hydrogen) atoms. The molecule has 1 aliphatic heterocycles. The third kappa shape index (κ3) is 3.52. The van der Waals surface area contributed by atoms with Crippen LogP contribution in [0.3, 0.4) is 0 Å². The largest absolute Gasteiger partial charge is 0.503 e. The monoisotopic (exact) mass is 398 g/mol. The smallest absolute Gasteiger partial charge is 0.274 e. The van der Waals surface area contributed by atoms with Crippen LogP contribution in [0, 0.1) is 0 Å². The number of fused-ring (bicyclic) bond motifs is 1. The molecular formula is C17H16Cl2N2O3S. The fraction of sp³-hybridized carbons (Fsp3) is 0.294. The first-order valence-corrected chi connectivity index (χ1v) is 9.75. The van der Waals surface area contributed by atoms with Gasteiger partial charge < -0.3 is 14.6 Å². The molecule has 2 heterocycles. The molecule has 1 aromatic heterocycles. The van der Waals surface area contributed by atoms with Crippen molar-refractivity contribution in [1.29, 1.82) is 0 Å². The van der Waals surface area contributed by atoms with E-state index in [-0.39, 0.29) is 11.6 Å². The van der Waals surface area contributed by atoms with Gasteiger partial charge in [-0.15, -0.1) is 0 Å². The minimum atomic E-state index is -0.528. The van der Waals surface area contributed by atoms with E-state index < -0.39 is 11.2 Å². The van der Waals surface area contributed by atoms with E-state index in [2.05, 4.69) is 0 Å². The Bertz CT molecular complexity index is 898. The molecule has 0 unspecified atom stereocenters. The minimum Gasteiger partial charge on any atom is -0.503 e. The van der Waals surface area contributed by atoms with Gasteiger partial charge in [0.2, 0.25) is 5.43 Å². The van der Waals surface area contributed by atoms with Crippen LogP contribution in [-0.2, 0) is 18.8 Å². The van der Waals surface area contributed by atoms with Crippen molar-refractivity contribution >= 4 is 40.9 Å². The number of halogens is 2. The molecule has 0 fully saturated rings. The molecule has 0 spiro atoms. The van der Waals surface area contributed by atoms with Crippen LogP contribution in [0.5, 0.6) is 5.75 Å². The number of hydrogen-bond donors (Lipinski definition) is 1. The molecular weight excluding hydrogens is 383 g/mol. The number of benzene rings is 1. The van der Waals surface area contributed by atoms with Crippen LogP contribution in [0.25, 0.3) is 0 Å². The van der Waals surface area contributed by atoms with E-state index in [1.54, 1.807) is 39.4 Å². The highest BCUT2D eigenvalue weighted by molar-refractivity contribution is 7.97. The summed E-state index contributed by atoms with van der Waals surface area (Å²) in [5, 5.41) is 11.0. The summed E-state index contributed by atoms with van der Waals surface area (Å²) in [6, 6.07) is 6.59. The number of amides is 1. The van der Waals surface area contributed by atoms with Crippen molar-refractivity contribution in [3.05, 3.63) is 61.5 Å². The highest BCUT2D eigenvalue weighted by atomic mass is 35.5. The zero-order chi connectivity index (χ0) is 18.1. The lowest BCUT2D eigenvalue weighted by Gasteiger charge is -2.32. The molecule has 2 aromatic rings. The Morgan fingerprint density at radius 2 is 1.92 bits per heavy atom. The average Bonchev–Trinajstić information content (AvgIpc) is 2.58. The number of carbonyl (C=O) groups is 1. The maximum atomic E-state index is 12.8. The second-order valence-corrected chi connectivity index (χ2v) is 7.44. The van der Waals surface area contributed by atoms with Crippen LogP contribution in [0.4, 0.5) is 0 Å². The Hall–Kier alpha value is -1.63. The molecule has 0 saturated carbocycles. The number of aromatic nitrogens is 1. The lowest BCUT2D eigenvalue weighted by Crippen LogP contribution is -2.42. The summed E-state index contributed by atoms with van der Waals surface area (Å²) in [5.74, 6) is -0.258. The van der Waals surface area contributed by atoms with Crippen molar-refractivity contribution in [2.24, 2.45) is 0 Å². The van der Waals surface area contributed by atoms with Crippen LogP contribution in [0.2, 0.25) is 10.0 Å². The van der Waals surface area contributed by atoms with Crippen LogP contribution >= 0.6 is 35.0 Å². The van der Waals surface area contributed by atoms with Crippen molar-refractivity contribution in [1.82, 2.24) is 9.47 Å². The number of rotatable bonds is 4. The Balaban J connectivity index is 1.95. The molecule has 1 aromatic carbocycles. The predicted molar refractivity (Wildman–Crippen MR) is 101 cm³/mol. The lowest BCUT2D eigenvalue weighted by atomic mass is 10.1. The third-order valence-corrected chi connectivity index (χ3v) is 5.43. The quantitative estimate of drug-likeness (QED) is 0.857. The van der Waals surface area contributed by atoms with Gasteiger partial charge in [-0.2, -0.15) is 11.8 Å². The van der Waals surface area contributed by atoms with Crippen LogP contribution < -0.4 is 5.43 Å². The normalized spacial score (nSPS) is 13.9. The Morgan fingerprint density at radius 3 is 2.60 bits per heavy atom. The lowest BCUT2D eigenvalue weighted by molar-refractivity contribution is 0.0681. The number of thioether (sulfide) groups is 1. The minimum absolute atomic E-state index is 0.0582. The Labute approximate surface area is 159 Å². The van der Waals surface area contributed by atoms with Crippen LogP contribution in [0.1, 0.15) is 21.7 Å². The molecule has 0 bridgehead atoms. The molecule has 3 rings (SSSR count). The summed E-state index contributed by atoms with van der Waals surface area (Å²) < 4.78 is 1.74. The first kappa shape index (κ1) is 18.2. The first-order valence-electron chi connectivity index (χ1n) is 7.60. The van der Waals surface area contributed by atoms with Gasteiger partial charge in [-0.25, -0.2) is 0 Å². The van der Waals surface area contributed by atoms with Crippen LogP contribution in [-0.4, -0.2) is 33.3 Å². The molecule has 1 N–H and O–H groups in total. The van der Waals surface area contributed by atoms with Gasteiger partial charge in [0.1, 0.15) is 0 Å². The second kappa shape index (κ2) is 7.32. The predicted octanol–water partition coefficient (Wildman–Crippen LogP) is 3.38. The van der Waals surface area contributed by atoms with Gasteiger partial charge in [0.25, 0.3) is 5.91 Å². The van der Waals surface area contributed by atoms with Gasteiger partial charge >= 0.3 is 0 Å². The molecule has 0 aliphatic carbocycles. The maximum Gasteiger partial charge on any atom is 0.274 e. The summed E-state index contributed by atoms with van der Waals surface area (Å²) in [5.41, 5.74) is 1.11. The SMILES string of the molecule is CSCc1cc(=O)c(O)c2n1CCN(Cc1ccc(Cl)c(Cl)c1)C2=O. The van der Waals surface area contributed by atoms with E-state index in [0.29, 0.717) is 35.4 Å². The molecule has 132 valence electrons. The second-order valence-electron chi connectivity index (χ2n) is 5.76. The molecule has 1 amide bonds. The third-order valence-electron chi connectivity index (χ3n) is 4.10. The van der Waals surface area contributed by atoms with Gasteiger partial charge in [0.05, 0.1) is 10.0 Å². The summed E-state index contributed by atoms with van der Waals surface area (Å²) in [6.07, 6.45) is 1.92. The van der Waals surface area contributed by atoms with Gasteiger partial charge in [-0.05, 0) is 24.0 Å². The average molecular weight is 399 g/mol. The van der Waals surface area contributed by atoms with E-state index in [1.165, 1.54) is 6.07 Å². The van der Waals surface area contributed by atoms with Crippen molar-refractivity contribution in [2.75, 3.05) is 12.8 Å². The van der Waals surface area contributed by atoms with E-state index in [0.717, 1.165) is 11.3 Å². The molecule has 0 saturated heterocycles. The van der Waals surface area contributed by atoms with Gasteiger partial charge in [0.15, 0.2) is 11.4 Å². The fourth-order valence-electron chi connectivity index (χ4n) is 2.91. The van der Waals surface area contributed by atoms with E-state index in [1.807, 2.05) is 6.26 Å². The van der Waals surface area contributed by atoms with Crippen molar-refractivity contribution in [2.45, 2.75) is 18.8 Å². The number of nitrogens with zero attached hydrogens (tertiary/aromatic N) is 2. The summed E-state index contributed by atoms with van der Waals surface area (Å²) in [6.45, 7) is 1.33. The zero-order valence-corrected chi connectivity index (χ0v) is 15.8. The highest BCUT2D eigenvalue weighted by Crippen LogP contribution is 2.26. The van der Waals surface area contributed by atoms with Gasteiger partial charge in [-0.3, -0.25) is 9.59 Å².